The van der Waals surface area contributed by atoms with Crippen LogP contribution in [0.4, 0.5) is 5.69 Å². The van der Waals surface area contributed by atoms with Gasteiger partial charge >= 0.3 is 0 Å². The van der Waals surface area contributed by atoms with Crippen LogP contribution in [-0.2, 0) is 9.53 Å². The zero-order valence-corrected chi connectivity index (χ0v) is 11.5. The Morgan fingerprint density at radius 1 is 1.30 bits per heavy atom. The van der Waals surface area contributed by atoms with Gasteiger partial charge in [-0.05, 0) is 31.9 Å². The summed E-state index contributed by atoms with van der Waals surface area (Å²) in [6.07, 6.45) is 2.27. The van der Waals surface area contributed by atoms with Crippen molar-refractivity contribution in [3.63, 3.8) is 0 Å². The van der Waals surface area contributed by atoms with Gasteiger partial charge in [0.1, 0.15) is 0 Å². The van der Waals surface area contributed by atoms with Crippen LogP contribution in [0.2, 0.25) is 0 Å². The maximum absolute atomic E-state index is 12.2. The standard InChI is InChI=1S/C15H18N2O3/c1-10-6-7-11(20-10)9-17-13-5-3-2-4-12(13)15(19)16-8-14(17)18/h2-5,10-11H,6-9H2,1H3,(H,16,19). The Balaban J connectivity index is 1.89. The van der Waals surface area contributed by atoms with Crippen LogP contribution in [0.5, 0.6) is 0 Å². The Bertz CT molecular complexity index is 544. The summed E-state index contributed by atoms with van der Waals surface area (Å²) < 4.78 is 5.80. The van der Waals surface area contributed by atoms with Crippen LogP contribution in [0.1, 0.15) is 30.1 Å². The Kier molecular flexibility index (Phi) is 3.44. The van der Waals surface area contributed by atoms with E-state index in [0.717, 1.165) is 12.8 Å². The highest BCUT2D eigenvalue weighted by Crippen LogP contribution is 2.26. The predicted octanol–water partition coefficient (Wildman–Crippen LogP) is 1.33. The maximum atomic E-state index is 12.2. The number of amides is 2. The van der Waals surface area contributed by atoms with Crippen LogP contribution in [0.3, 0.4) is 0 Å². The number of benzene rings is 1. The number of hydrogen-bond acceptors (Lipinski definition) is 3. The van der Waals surface area contributed by atoms with Gasteiger partial charge in [0.25, 0.3) is 5.91 Å². The second-order valence-electron chi connectivity index (χ2n) is 5.35. The summed E-state index contributed by atoms with van der Waals surface area (Å²) in [6, 6.07) is 7.21. The van der Waals surface area contributed by atoms with Gasteiger partial charge in [0.05, 0.1) is 36.5 Å². The minimum Gasteiger partial charge on any atom is -0.373 e. The zero-order valence-electron chi connectivity index (χ0n) is 11.5. The number of para-hydroxylation sites is 1. The van der Waals surface area contributed by atoms with Crippen LogP contribution < -0.4 is 10.2 Å². The molecule has 3 rings (SSSR count). The molecule has 1 saturated heterocycles. The van der Waals surface area contributed by atoms with E-state index in [1.165, 1.54) is 0 Å². The molecule has 0 radical (unpaired) electrons. The molecule has 0 spiro atoms. The lowest BCUT2D eigenvalue weighted by atomic mass is 10.1. The molecule has 5 heteroatoms. The van der Waals surface area contributed by atoms with Gasteiger partial charge < -0.3 is 15.0 Å². The van der Waals surface area contributed by atoms with Crippen molar-refractivity contribution in [2.75, 3.05) is 18.0 Å². The number of anilines is 1. The molecule has 2 unspecified atom stereocenters. The third-order valence-electron chi connectivity index (χ3n) is 3.85. The van der Waals surface area contributed by atoms with Gasteiger partial charge in [-0.25, -0.2) is 0 Å². The van der Waals surface area contributed by atoms with Crippen LogP contribution in [0, 0.1) is 0 Å². The fourth-order valence-corrected chi connectivity index (χ4v) is 2.81. The molecule has 1 N–H and O–H groups in total. The van der Waals surface area contributed by atoms with Gasteiger partial charge in [-0.3, -0.25) is 9.59 Å². The second kappa shape index (κ2) is 5.25. The molecule has 2 aliphatic rings. The average Bonchev–Trinajstić information content (AvgIpc) is 2.82. The summed E-state index contributed by atoms with van der Waals surface area (Å²) in [6.45, 7) is 2.59. The van der Waals surface area contributed by atoms with Crippen molar-refractivity contribution in [2.45, 2.75) is 32.0 Å². The average molecular weight is 274 g/mol. The number of fused-ring (bicyclic) bond motifs is 1. The predicted molar refractivity (Wildman–Crippen MR) is 74.7 cm³/mol. The molecule has 2 heterocycles. The summed E-state index contributed by atoms with van der Waals surface area (Å²) in [7, 11) is 0. The number of nitrogens with zero attached hydrogens (tertiary/aromatic N) is 1. The van der Waals surface area contributed by atoms with Crippen molar-refractivity contribution in [3.8, 4) is 0 Å². The third kappa shape index (κ3) is 2.41. The quantitative estimate of drug-likeness (QED) is 0.885. The molecule has 0 aromatic heterocycles. The fourth-order valence-electron chi connectivity index (χ4n) is 2.81. The highest BCUT2D eigenvalue weighted by atomic mass is 16.5. The van der Waals surface area contributed by atoms with E-state index in [1.807, 2.05) is 19.1 Å². The van der Waals surface area contributed by atoms with Crippen molar-refractivity contribution in [3.05, 3.63) is 29.8 Å². The molecule has 1 aromatic rings. The lowest BCUT2D eigenvalue weighted by Crippen LogP contribution is -2.41. The number of ether oxygens (including phenoxy) is 1. The van der Waals surface area contributed by atoms with E-state index < -0.39 is 0 Å². The van der Waals surface area contributed by atoms with Gasteiger partial charge in [0.15, 0.2) is 0 Å². The lowest BCUT2D eigenvalue weighted by molar-refractivity contribution is -0.118. The van der Waals surface area contributed by atoms with Crippen molar-refractivity contribution < 1.29 is 14.3 Å². The van der Waals surface area contributed by atoms with E-state index in [1.54, 1.807) is 17.0 Å². The summed E-state index contributed by atoms with van der Waals surface area (Å²) in [5.41, 5.74) is 1.22. The summed E-state index contributed by atoms with van der Waals surface area (Å²) in [4.78, 5) is 25.9. The number of nitrogens with one attached hydrogen (secondary N) is 1. The Morgan fingerprint density at radius 3 is 2.85 bits per heavy atom. The van der Waals surface area contributed by atoms with Gasteiger partial charge in [-0.2, -0.15) is 0 Å². The topological polar surface area (TPSA) is 58.6 Å². The Hall–Kier alpha value is -1.88. The van der Waals surface area contributed by atoms with E-state index in [9.17, 15) is 9.59 Å². The van der Waals surface area contributed by atoms with Gasteiger partial charge in [-0.1, -0.05) is 12.1 Å². The van der Waals surface area contributed by atoms with E-state index >= 15 is 0 Å². The van der Waals surface area contributed by atoms with Crippen LogP contribution in [0.15, 0.2) is 24.3 Å². The molecule has 0 aliphatic carbocycles. The van der Waals surface area contributed by atoms with E-state index in [-0.39, 0.29) is 30.6 Å². The molecule has 5 nitrogen and oxygen atoms in total. The second-order valence-corrected chi connectivity index (χ2v) is 5.35. The fraction of sp³-hybridized carbons (Fsp3) is 0.467. The van der Waals surface area contributed by atoms with Gasteiger partial charge in [0.2, 0.25) is 5.91 Å². The third-order valence-corrected chi connectivity index (χ3v) is 3.85. The minimum absolute atomic E-state index is 0.0375. The Morgan fingerprint density at radius 2 is 2.10 bits per heavy atom. The molecular weight excluding hydrogens is 256 g/mol. The van der Waals surface area contributed by atoms with Crippen molar-refractivity contribution in [1.82, 2.24) is 5.32 Å². The number of carbonyl (C=O) groups excluding carboxylic acids is 2. The summed E-state index contributed by atoms with van der Waals surface area (Å²) >= 11 is 0. The molecular formula is C15H18N2O3. The van der Waals surface area contributed by atoms with Crippen LogP contribution in [0.25, 0.3) is 0 Å². The molecule has 2 amide bonds. The van der Waals surface area contributed by atoms with Crippen molar-refractivity contribution >= 4 is 17.5 Å². The summed E-state index contributed by atoms with van der Waals surface area (Å²) in [5.74, 6) is -0.288. The first-order valence-electron chi connectivity index (χ1n) is 6.98. The van der Waals surface area contributed by atoms with Crippen molar-refractivity contribution in [1.29, 1.82) is 0 Å². The van der Waals surface area contributed by atoms with E-state index in [0.29, 0.717) is 17.8 Å². The smallest absolute Gasteiger partial charge is 0.253 e. The SMILES string of the molecule is CC1CCC(CN2C(=O)CNC(=O)c3ccccc32)O1. The first kappa shape index (κ1) is 13.1. The molecule has 1 aromatic carbocycles. The highest BCUT2D eigenvalue weighted by Gasteiger charge is 2.30. The van der Waals surface area contributed by atoms with E-state index in [2.05, 4.69) is 5.32 Å². The number of carbonyl (C=O) groups is 2. The maximum Gasteiger partial charge on any atom is 0.253 e. The Labute approximate surface area is 117 Å². The zero-order chi connectivity index (χ0) is 14.1. The normalized spacial score (nSPS) is 26.1. The lowest BCUT2D eigenvalue weighted by Gasteiger charge is -2.25. The largest absolute Gasteiger partial charge is 0.373 e. The summed E-state index contributed by atoms with van der Waals surface area (Å²) in [5, 5.41) is 2.64. The molecule has 20 heavy (non-hydrogen) atoms. The van der Waals surface area contributed by atoms with Gasteiger partial charge in [0, 0.05) is 0 Å². The molecule has 106 valence electrons. The first-order valence-corrected chi connectivity index (χ1v) is 6.98. The molecule has 2 aliphatic heterocycles. The number of rotatable bonds is 2. The molecule has 0 saturated carbocycles. The van der Waals surface area contributed by atoms with E-state index in [4.69, 9.17) is 4.74 Å². The minimum atomic E-state index is -0.197. The molecule has 0 bridgehead atoms. The molecule has 1 fully saturated rings. The molecule has 2 atom stereocenters. The first-order chi connectivity index (χ1) is 9.65. The van der Waals surface area contributed by atoms with Crippen LogP contribution >= 0.6 is 0 Å². The highest BCUT2D eigenvalue weighted by molar-refractivity contribution is 6.09. The van der Waals surface area contributed by atoms with Crippen LogP contribution in [-0.4, -0.2) is 37.1 Å². The monoisotopic (exact) mass is 274 g/mol. The van der Waals surface area contributed by atoms with Gasteiger partial charge in [-0.15, -0.1) is 0 Å². The number of hydrogen-bond donors (Lipinski definition) is 1. The van der Waals surface area contributed by atoms with Crippen molar-refractivity contribution in [2.24, 2.45) is 0 Å².